The first-order valence-corrected chi connectivity index (χ1v) is 9.79. The summed E-state index contributed by atoms with van der Waals surface area (Å²) < 4.78 is 0. The summed E-state index contributed by atoms with van der Waals surface area (Å²) in [4.78, 5) is 0. The molecular weight excluding hydrogens is 240 g/mol. The molecule has 0 spiro atoms. The quantitative estimate of drug-likeness (QED) is 0.471. The maximum atomic E-state index is 2.56. The normalized spacial score (nSPS) is 24.1. The predicted octanol–water partition coefficient (Wildman–Crippen LogP) is 6.98. The highest BCUT2D eigenvalue weighted by atomic mass is 14.3. The van der Waals surface area contributed by atoms with Gasteiger partial charge in [-0.1, -0.05) is 90.9 Å². The van der Waals surface area contributed by atoms with Crippen LogP contribution in [0.1, 0.15) is 104 Å². The van der Waals surface area contributed by atoms with Crippen LogP contribution >= 0.6 is 0 Å². The molecule has 0 saturated heterocycles. The van der Waals surface area contributed by atoms with Gasteiger partial charge in [-0.3, -0.25) is 0 Å². The molecule has 0 aromatic carbocycles. The smallest absolute Gasteiger partial charge is 0.0383 e. The second kappa shape index (κ2) is 9.11. The third kappa shape index (κ3) is 5.41. The van der Waals surface area contributed by atoms with Gasteiger partial charge in [0.2, 0.25) is 0 Å². The zero-order valence-electron chi connectivity index (χ0n) is 14.2. The lowest BCUT2D eigenvalue weighted by atomic mass is 9.72. The second-order valence-corrected chi connectivity index (χ2v) is 8.01. The van der Waals surface area contributed by atoms with Gasteiger partial charge < -0.3 is 0 Å². The monoisotopic (exact) mass is 278 g/mol. The summed E-state index contributed by atoms with van der Waals surface area (Å²) in [5.41, 5.74) is 0. The van der Waals surface area contributed by atoms with Gasteiger partial charge in [-0.15, -0.1) is 0 Å². The highest BCUT2D eigenvalue weighted by molar-refractivity contribution is 4.78. The first-order chi connectivity index (χ1) is 9.79. The average molecular weight is 279 g/mol. The Morgan fingerprint density at radius 3 is 1.60 bits per heavy atom. The van der Waals surface area contributed by atoms with Gasteiger partial charge in [0, 0.05) is 0 Å². The van der Waals surface area contributed by atoms with E-state index in [2.05, 4.69) is 13.8 Å². The van der Waals surface area contributed by atoms with E-state index < -0.39 is 0 Å². The summed E-state index contributed by atoms with van der Waals surface area (Å²) >= 11 is 0. The SMILES string of the molecule is CCCC(C)C(CC1CCCCC1)CC1CCCCC1. The maximum absolute atomic E-state index is 2.56. The van der Waals surface area contributed by atoms with Crippen LogP contribution in [-0.4, -0.2) is 0 Å². The van der Waals surface area contributed by atoms with Crippen molar-refractivity contribution in [1.29, 1.82) is 0 Å². The van der Waals surface area contributed by atoms with Crippen LogP contribution in [0.2, 0.25) is 0 Å². The standard InChI is InChI=1S/C20H38/c1-3-10-17(2)20(15-18-11-6-4-7-12-18)16-19-13-8-5-9-14-19/h17-20H,3-16H2,1-2H3. The van der Waals surface area contributed by atoms with Crippen molar-refractivity contribution in [2.24, 2.45) is 23.7 Å². The van der Waals surface area contributed by atoms with Crippen LogP contribution in [0.3, 0.4) is 0 Å². The minimum atomic E-state index is 0.976. The molecular formula is C20H38. The van der Waals surface area contributed by atoms with E-state index in [9.17, 15) is 0 Å². The van der Waals surface area contributed by atoms with Crippen molar-refractivity contribution in [3.05, 3.63) is 0 Å². The van der Waals surface area contributed by atoms with Crippen LogP contribution in [0.15, 0.2) is 0 Å². The Labute approximate surface area is 128 Å². The molecule has 2 aliphatic carbocycles. The molecule has 0 heteroatoms. The summed E-state index contributed by atoms with van der Waals surface area (Å²) in [7, 11) is 0. The first-order valence-electron chi connectivity index (χ1n) is 9.79. The van der Waals surface area contributed by atoms with Crippen molar-refractivity contribution in [3.8, 4) is 0 Å². The third-order valence-electron chi connectivity index (χ3n) is 6.27. The number of rotatable bonds is 7. The molecule has 118 valence electrons. The zero-order chi connectivity index (χ0) is 14.2. The van der Waals surface area contributed by atoms with Crippen molar-refractivity contribution in [2.75, 3.05) is 0 Å². The fourth-order valence-electron chi connectivity index (χ4n) is 4.95. The molecule has 0 bridgehead atoms. The molecule has 0 aromatic heterocycles. The highest BCUT2D eigenvalue weighted by Gasteiger charge is 2.26. The predicted molar refractivity (Wildman–Crippen MR) is 89.9 cm³/mol. The van der Waals surface area contributed by atoms with Gasteiger partial charge in [-0.05, 0) is 36.5 Å². The summed E-state index contributed by atoms with van der Waals surface area (Å²) in [5, 5.41) is 0. The third-order valence-corrected chi connectivity index (χ3v) is 6.27. The molecule has 1 unspecified atom stereocenters. The fourth-order valence-corrected chi connectivity index (χ4v) is 4.95. The van der Waals surface area contributed by atoms with E-state index in [1.807, 2.05) is 0 Å². The second-order valence-electron chi connectivity index (χ2n) is 8.01. The zero-order valence-corrected chi connectivity index (χ0v) is 14.2. The van der Waals surface area contributed by atoms with E-state index in [1.54, 1.807) is 38.5 Å². The van der Waals surface area contributed by atoms with E-state index in [0.717, 1.165) is 23.7 Å². The molecule has 0 aliphatic heterocycles. The van der Waals surface area contributed by atoms with E-state index in [0.29, 0.717) is 0 Å². The molecule has 2 rings (SSSR count). The minimum absolute atomic E-state index is 0.976. The lowest BCUT2D eigenvalue weighted by Gasteiger charge is -2.34. The lowest BCUT2D eigenvalue weighted by molar-refractivity contribution is 0.179. The lowest BCUT2D eigenvalue weighted by Crippen LogP contribution is -2.22. The molecule has 0 aromatic rings. The Hall–Kier alpha value is 0. The molecule has 20 heavy (non-hydrogen) atoms. The van der Waals surface area contributed by atoms with Crippen LogP contribution in [-0.2, 0) is 0 Å². The van der Waals surface area contributed by atoms with E-state index in [4.69, 9.17) is 0 Å². The molecule has 0 radical (unpaired) electrons. The molecule has 0 nitrogen and oxygen atoms in total. The van der Waals surface area contributed by atoms with Crippen LogP contribution in [0.5, 0.6) is 0 Å². The van der Waals surface area contributed by atoms with Gasteiger partial charge in [0.05, 0.1) is 0 Å². The first kappa shape index (κ1) is 16.4. The summed E-state index contributed by atoms with van der Waals surface area (Å²) in [5.74, 6) is 4.18. The van der Waals surface area contributed by atoms with Gasteiger partial charge >= 0.3 is 0 Å². The minimum Gasteiger partial charge on any atom is -0.0654 e. The maximum Gasteiger partial charge on any atom is -0.0383 e. The van der Waals surface area contributed by atoms with Crippen molar-refractivity contribution in [2.45, 2.75) is 104 Å². The van der Waals surface area contributed by atoms with Crippen molar-refractivity contribution in [1.82, 2.24) is 0 Å². The largest absolute Gasteiger partial charge is 0.0654 e. The van der Waals surface area contributed by atoms with Crippen molar-refractivity contribution in [3.63, 3.8) is 0 Å². The fraction of sp³-hybridized carbons (Fsp3) is 1.00. The molecule has 2 aliphatic rings. The molecule has 2 saturated carbocycles. The average Bonchev–Trinajstić information content (AvgIpc) is 2.49. The number of hydrogen-bond donors (Lipinski definition) is 0. The van der Waals surface area contributed by atoms with Crippen LogP contribution in [0, 0.1) is 23.7 Å². The van der Waals surface area contributed by atoms with Gasteiger partial charge in [-0.25, -0.2) is 0 Å². The molecule has 1 atom stereocenters. The van der Waals surface area contributed by atoms with E-state index >= 15 is 0 Å². The van der Waals surface area contributed by atoms with Gasteiger partial charge in [0.15, 0.2) is 0 Å². The van der Waals surface area contributed by atoms with Gasteiger partial charge in [-0.2, -0.15) is 0 Å². The van der Waals surface area contributed by atoms with Crippen molar-refractivity contribution < 1.29 is 0 Å². The van der Waals surface area contributed by atoms with Crippen molar-refractivity contribution >= 4 is 0 Å². The van der Waals surface area contributed by atoms with E-state index in [1.165, 1.54) is 51.4 Å². The van der Waals surface area contributed by atoms with Gasteiger partial charge in [0.25, 0.3) is 0 Å². The van der Waals surface area contributed by atoms with Crippen LogP contribution in [0.25, 0.3) is 0 Å². The van der Waals surface area contributed by atoms with E-state index in [-0.39, 0.29) is 0 Å². The van der Waals surface area contributed by atoms with Crippen LogP contribution < -0.4 is 0 Å². The molecule has 0 heterocycles. The Morgan fingerprint density at radius 1 is 0.750 bits per heavy atom. The summed E-state index contributed by atoms with van der Waals surface area (Å²) in [6, 6.07) is 0. The molecule has 2 fully saturated rings. The summed E-state index contributed by atoms with van der Waals surface area (Å²) in [6.45, 7) is 4.93. The Morgan fingerprint density at radius 2 is 1.20 bits per heavy atom. The Balaban J connectivity index is 1.84. The number of hydrogen-bond acceptors (Lipinski definition) is 0. The Bertz CT molecular complexity index is 212. The van der Waals surface area contributed by atoms with Gasteiger partial charge in [0.1, 0.15) is 0 Å². The van der Waals surface area contributed by atoms with Crippen LogP contribution in [0.4, 0.5) is 0 Å². The molecule has 0 N–H and O–H groups in total. The molecule has 0 amide bonds. The Kier molecular flexibility index (Phi) is 7.45. The summed E-state index contributed by atoms with van der Waals surface area (Å²) in [6.07, 6.45) is 21.2. The topological polar surface area (TPSA) is 0 Å². The highest BCUT2D eigenvalue weighted by Crippen LogP contribution is 2.38.